The third-order valence-corrected chi connectivity index (χ3v) is 1.05. The van der Waals surface area contributed by atoms with Gasteiger partial charge in [0, 0.05) is 13.3 Å². The van der Waals surface area contributed by atoms with Crippen LogP contribution in [0.4, 0.5) is 0 Å². The summed E-state index contributed by atoms with van der Waals surface area (Å²) < 4.78 is 4.56. The van der Waals surface area contributed by atoms with Crippen LogP contribution in [-0.2, 0) is 14.3 Å². The van der Waals surface area contributed by atoms with Crippen molar-refractivity contribution in [1.82, 2.24) is 0 Å². The monoisotopic (exact) mass is 156 g/mol. The van der Waals surface area contributed by atoms with Crippen LogP contribution in [0.2, 0.25) is 0 Å². The van der Waals surface area contributed by atoms with Crippen molar-refractivity contribution in [1.29, 1.82) is 0 Å². The Labute approximate surface area is 66.0 Å². The molecule has 62 valence electrons. The standard InChI is InChI=1S/C8H12O3/c1-6(2)4-5-11-8(10)7(3)9/h1,4-5H2,2-3H3. The molecule has 0 unspecified atom stereocenters. The average molecular weight is 156 g/mol. The van der Waals surface area contributed by atoms with E-state index in [0.717, 1.165) is 5.57 Å². The molecular weight excluding hydrogens is 144 g/mol. The van der Waals surface area contributed by atoms with Gasteiger partial charge in [-0.1, -0.05) is 5.57 Å². The maximum Gasteiger partial charge on any atom is 0.374 e. The molecule has 0 saturated carbocycles. The highest BCUT2D eigenvalue weighted by molar-refractivity contribution is 6.32. The minimum atomic E-state index is -0.772. The fraction of sp³-hybridized carbons (Fsp3) is 0.500. The lowest BCUT2D eigenvalue weighted by atomic mass is 10.3. The second-order valence-electron chi connectivity index (χ2n) is 2.40. The first-order valence-electron chi connectivity index (χ1n) is 3.36. The minimum absolute atomic E-state index is 0.244. The van der Waals surface area contributed by atoms with E-state index in [1.54, 1.807) is 0 Å². The summed E-state index contributed by atoms with van der Waals surface area (Å²) in [6, 6.07) is 0. The van der Waals surface area contributed by atoms with Crippen LogP contribution in [0.1, 0.15) is 20.3 Å². The van der Waals surface area contributed by atoms with Gasteiger partial charge >= 0.3 is 5.97 Å². The van der Waals surface area contributed by atoms with Crippen molar-refractivity contribution in [2.75, 3.05) is 6.61 Å². The molecule has 0 aliphatic heterocycles. The molecule has 0 aromatic rings. The molecule has 0 radical (unpaired) electrons. The largest absolute Gasteiger partial charge is 0.460 e. The number of carbonyl (C=O) groups excluding carboxylic acids is 2. The Morgan fingerprint density at radius 1 is 1.36 bits per heavy atom. The molecule has 0 aliphatic rings. The molecular formula is C8H12O3. The van der Waals surface area contributed by atoms with E-state index in [9.17, 15) is 9.59 Å². The number of carbonyl (C=O) groups is 2. The van der Waals surface area contributed by atoms with Crippen molar-refractivity contribution in [3.63, 3.8) is 0 Å². The molecule has 0 rings (SSSR count). The van der Waals surface area contributed by atoms with E-state index in [0.29, 0.717) is 6.42 Å². The van der Waals surface area contributed by atoms with Crippen LogP contribution in [0.25, 0.3) is 0 Å². The van der Waals surface area contributed by atoms with Crippen LogP contribution in [0.3, 0.4) is 0 Å². The van der Waals surface area contributed by atoms with Crippen molar-refractivity contribution in [2.24, 2.45) is 0 Å². The summed E-state index contributed by atoms with van der Waals surface area (Å²) in [5.74, 6) is -1.34. The molecule has 3 heteroatoms. The normalized spacial score (nSPS) is 8.91. The molecule has 11 heavy (non-hydrogen) atoms. The van der Waals surface area contributed by atoms with Crippen molar-refractivity contribution < 1.29 is 14.3 Å². The predicted octanol–water partition coefficient (Wildman–Crippen LogP) is 1.08. The van der Waals surface area contributed by atoms with Gasteiger partial charge in [0.05, 0.1) is 6.61 Å². The zero-order valence-electron chi connectivity index (χ0n) is 6.85. The lowest BCUT2D eigenvalue weighted by Gasteiger charge is -2.00. The Kier molecular flexibility index (Phi) is 4.18. The smallest absolute Gasteiger partial charge is 0.374 e. The summed E-state index contributed by atoms with van der Waals surface area (Å²) >= 11 is 0. The molecule has 0 saturated heterocycles. The van der Waals surface area contributed by atoms with Crippen LogP contribution < -0.4 is 0 Å². The summed E-state index contributed by atoms with van der Waals surface area (Å²) in [6.45, 7) is 6.88. The molecule has 0 heterocycles. The third kappa shape index (κ3) is 5.33. The first-order valence-corrected chi connectivity index (χ1v) is 3.36. The van der Waals surface area contributed by atoms with Gasteiger partial charge in [0.2, 0.25) is 5.78 Å². The van der Waals surface area contributed by atoms with Gasteiger partial charge < -0.3 is 4.74 Å². The van der Waals surface area contributed by atoms with Crippen LogP contribution in [0, 0.1) is 0 Å². The molecule has 0 N–H and O–H groups in total. The number of Topliss-reactive ketones (excluding diaryl/α,β-unsaturated/α-hetero) is 1. The fourth-order valence-electron chi connectivity index (χ4n) is 0.420. The van der Waals surface area contributed by atoms with Crippen molar-refractivity contribution in [3.8, 4) is 0 Å². The number of hydrogen-bond acceptors (Lipinski definition) is 3. The fourth-order valence-corrected chi connectivity index (χ4v) is 0.420. The van der Waals surface area contributed by atoms with Crippen LogP contribution in [0.15, 0.2) is 12.2 Å². The van der Waals surface area contributed by atoms with Gasteiger partial charge in [-0.2, -0.15) is 0 Å². The maximum absolute atomic E-state index is 10.5. The van der Waals surface area contributed by atoms with Gasteiger partial charge in [0.15, 0.2) is 0 Å². The second-order valence-corrected chi connectivity index (χ2v) is 2.40. The van der Waals surface area contributed by atoms with E-state index in [1.165, 1.54) is 6.92 Å². The van der Waals surface area contributed by atoms with Crippen molar-refractivity contribution in [2.45, 2.75) is 20.3 Å². The third-order valence-electron chi connectivity index (χ3n) is 1.05. The molecule has 3 nitrogen and oxygen atoms in total. The Morgan fingerprint density at radius 3 is 2.27 bits per heavy atom. The summed E-state index contributed by atoms with van der Waals surface area (Å²) in [6.07, 6.45) is 0.610. The van der Waals surface area contributed by atoms with Crippen molar-refractivity contribution >= 4 is 11.8 Å². The first kappa shape index (κ1) is 9.88. The molecule has 0 atom stereocenters. The summed E-state index contributed by atoms with van der Waals surface area (Å²) in [4.78, 5) is 20.8. The molecule has 0 bridgehead atoms. The number of esters is 1. The molecule has 0 aliphatic carbocycles. The van der Waals surface area contributed by atoms with E-state index < -0.39 is 11.8 Å². The quantitative estimate of drug-likeness (QED) is 0.347. The van der Waals surface area contributed by atoms with E-state index in [1.807, 2.05) is 6.92 Å². The minimum Gasteiger partial charge on any atom is -0.460 e. The van der Waals surface area contributed by atoms with Gasteiger partial charge in [0.1, 0.15) is 0 Å². The van der Waals surface area contributed by atoms with E-state index in [-0.39, 0.29) is 6.61 Å². The Morgan fingerprint density at radius 2 is 1.91 bits per heavy atom. The number of ketones is 1. The molecule has 0 aromatic carbocycles. The Bertz CT molecular complexity index is 182. The SMILES string of the molecule is C=C(C)CCOC(=O)C(C)=O. The van der Waals surface area contributed by atoms with Gasteiger partial charge in [-0.3, -0.25) is 4.79 Å². The maximum atomic E-state index is 10.5. The highest BCUT2D eigenvalue weighted by Crippen LogP contribution is 1.95. The average Bonchev–Trinajstić information content (AvgIpc) is 1.86. The van der Waals surface area contributed by atoms with Crippen LogP contribution >= 0.6 is 0 Å². The lowest BCUT2D eigenvalue weighted by molar-refractivity contribution is -0.152. The zero-order chi connectivity index (χ0) is 8.85. The van der Waals surface area contributed by atoms with Gasteiger partial charge in [0.25, 0.3) is 0 Å². The molecule has 0 amide bonds. The van der Waals surface area contributed by atoms with Gasteiger partial charge in [-0.15, -0.1) is 6.58 Å². The van der Waals surface area contributed by atoms with Gasteiger partial charge in [-0.05, 0) is 6.92 Å². The van der Waals surface area contributed by atoms with Crippen LogP contribution in [0.5, 0.6) is 0 Å². The van der Waals surface area contributed by atoms with Crippen molar-refractivity contribution in [3.05, 3.63) is 12.2 Å². The first-order chi connectivity index (χ1) is 5.04. The number of rotatable bonds is 4. The predicted molar refractivity (Wildman–Crippen MR) is 41.1 cm³/mol. The number of ether oxygens (including phenoxy) is 1. The van der Waals surface area contributed by atoms with Crippen LogP contribution in [-0.4, -0.2) is 18.4 Å². The van der Waals surface area contributed by atoms with E-state index in [2.05, 4.69) is 11.3 Å². The molecule has 0 fully saturated rings. The Hall–Kier alpha value is -1.12. The topological polar surface area (TPSA) is 43.4 Å². The lowest BCUT2D eigenvalue weighted by Crippen LogP contribution is -2.14. The highest BCUT2D eigenvalue weighted by atomic mass is 16.5. The zero-order valence-corrected chi connectivity index (χ0v) is 6.85. The highest BCUT2D eigenvalue weighted by Gasteiger charge is 2.07. The second kappa shape index (κ2) is 4.66. The summed E-state index contributed by atoms with van der Waals surface area (Å²) in [7, 11) is 0. The van der Waals surface area contributed by atoms with E-state index in [4.69, 9.17) is 0 Å². The summed E-state index contributed by atoms with van der Waals surface area (Å²) in [5.41, 5.74) is 0.932. The van der Waals surface area contributed by atoms with Gasteiger partial charge in [-0.25, -0.2) is 4.79 Å². The molecule has 0 spiro atoms. The number of hydrogen-bond donors (Lipinski definition) is 0. The van der Waals surface area contributed by atoms with E-state index >= 15 is 0 Å². The Balaban J connectivity index is 3.47. The summed E-state index contributed by atoms with van der Waals surface area (Å²) in [5, 5.41) is 0. The molecule has 0 aromatic heterocycles.